The van der Waals surface area contributed by atoms with Gasteiger partial charge in [-0.2, -0.15) is 0 Å². The van der Waals surface area contributed by atoms with Crippen molar-refractivity contribution in [1.82, 2.24) is 9.97 Å². The number of benzene rings is 5. The molecule has 3 aromatic heterocycles. The summed E-state index contributed by atoms with van der Waals surface area (Å²) in [6.07, 6.45) is 3.81. The van der Waals surface area contributed by atoms with E-state index in [0.29, 0.717) is 0 Å². The van der Waals surface area contributed by atoms with Gasteiger partial charge in [0.25, 0.3) is 0 Å². The quantitative estimate of drug-likeness (QED) is 0.215. The Labute approximate surface area is 236 Å². The molecule has 3 heterocycles. The molecule has 0 saturated carbocycles. The predicted molar refractivity (Wildman–Crippen MR) is 168 cm³/mol. The third kappa shape index (κ3) is 3.14. The molecule has 0 fully saturated rings. The van der Waals surface area contributed by atoms with Crippen molar-refractivity contribution in [2.75, 3.05) is 0 Å². The standard InChI is InChI=1S/C38H22N2O/c1-2-12-25-23(10-1)24-11-3-4-14-27(24)35-28(30-17-8-16-29-26-13-5-6-20-34(26)41-37(29)30)15-7-18-31(35)36-32-19-9-21-39-38(32)40-22-33(25)36/h1-22H. The average Bonchev–Trinajstić information content (AvgIpc) is 3.42. The Morgan fingerprint density at radius 2 is 1.00 bits per heavy atom. The van der Waals surface area contributed by atoms with Crippen LogP contribution in [0.15, 0.2) is 138 Å². The van der Waals surface area contributed by atoms with Gasteiger partial charge in [0.2, 0.25) is 0 Å². The van der Waals surface area contributed by atoms with Crippen molar-refractivity contribution in [2.45, 2.75) is 0 Å². The lowest BCUT2D eigenvalue weighted by molar-refractivity contribution is 0.670. The molecule has 0 spiro atoms. The van der Waals surface area contributed by atoms with Gasteiger partial charge in [-0.3, -0.25) is 0 Å². The van der Waals surface area contributed by atoms with Crippen molar-refractivity contribution in [3.63, 3.8) is 0 Å². The van der Waals surface area contributed by atoms with E-state index in [-0.39, 0.29) is 0 Å². The van der Waals surface area contributed by atoms with Crippen LogP contribution < -0.4 is 0 Å². The number of hydrogen-bond donors (Lipinski definition) is 0. The van der Waals surface area contributed by atoms with Gasteiger partial charge in [-0.1, -0.05) is 103 Å². The summed E-state index contributed by atoms with van der Waals surface area (Å²) in [6.45, 7) is 0. The highest BCUT2D eigenvalue weighted by molar-refractivity contribution is 6.15. The van der Waals surface area contributed by atoms with Crippen molar-refractivity contribution in [3.8, 4) is 55.6 Å². The first kappa shape index (κ1) is 22.3. The Kier molecular flexibility index (Phi) is 4.61. The third-order valence-corrected chi connectivity index (χ3v) is 8.37. The lowest BCUT2D eigenvalue weighted by Gasteiger charge is -2.25. The van der Waals surface area contributed by atoms with E-state index in [9.17, 15) is 0 Å². The molecule has 0 aliphatic heterocycles. The summed E-state index contributed by atoms with van der Waals surface area (Å²) in [7, 11) is 0. The monoisotopic (exact) mass is 522 g/mol. The Bertz CT molecular complexity index is 2330. The number of pyridine rings is 2. The van der Waals surface area contributed by atoms with E-state index >= 15 is 0 Å². The van der Waals surface area contributed by atoms with Crippen molar-refractivity contribution in [2.24, 2.45) is 0 Å². The van der Waals surface area contributed by atoms with E-state index < -0.39 is 0 Å². The molecule has 0 radical (unpaired) electrons. The van der Waals surface area contributed by atoms with Crippen LogP contribution in [-0.4, -0.2) is 9.97 Å². The molecule has 8 aromatic rings. The zero-order valence-corrected chi connectivity index (χ0v) is 22.0. The third-order valence-electron chi connectivity index (χ3n) is 8.37. The number of aromatic nitrogens is 2. The second-order valence-electron chi connectivity index (χ2n) is 10.5. The van der Waals surface area contributed by atoms with Crippen molar-refractivity contribution >= 4 is 33.0 Å². The molecule has 1 aliphatic rings. The van der Waals surface area contributed by atoms with E-state index in [2.05, 4.69) is 108 Å². The predicted octanol–water partition coefficient (Wildman–Crippen LogP) is 10.2. The molecule has 3 heteroatoms. The molecule has 9 rings (SSSR count). The van der Waals surface area contributed by atoms with Gasteiger partial charge in [0, 0.05) is 45.2 Å². The second kappa shape index (κ2) is 8.48. The number of para-hydroxylation sites is 2. The van der Waals surface area contributed by atoms with Gasteiger partial charge >= 0.3 is 0 Å². The summed E-state index contributed by atoms with van der Waals surface area (Å²) in [5.74, 6) is 0. The SMILES string of the molecule is c1ccc2c(c1)-c1ccccc1-c1c(cccc1-c1cccc3c1oc1ccccc13)-c1c-2cnc2ncccc12. The zero-order valence-electron chi connectivity index (χ0n) is 22.0. The largest absolute Gasteiger partial charge is 0.455 e. The number of nitrogens with zero attached hydrogens (tertiary/aromatic N) is 2. The topological polar surface area (TPSA) is 38.9 Å². The summed E-state index contributed by atoms with van der Waals surface area (Å²) < 4.78 is 6.55. The number of hydrogen-bond acceptors (Lipinski definition) is 3. The van der Waals surface area contributed by atoms with Crippen molar-refractivity contribution in [3.05, 3.63) is 134 Å². The molecule has 0 atom stereocenters. The number of furan rings is 1. The van der Waals surface area contributed by atoms with E-state index in [1.807, 2.05) is 30.6 Å². The minimum atomic E-state index is 0.744. The van der Waals surface area contributed by atoms with E-state index in [1.54, 1.807) is 0 Å². The summed E-state index contributed by atoms with van der Waals surface area (Å²) in [5, 5.41) is 3.30. The second-order valence-corrected chi connectivity index (χ2v) is 10.5. The smallest absolute Gasteiger partial charge is 0.159 e. The summed E-state index contributed by atoms with van der Waals surface area (Å²) >= 11 is 0. The normalized spacial score (nSPS) is 11.9. The molecule has 0 saturated heterocycles. The first-order valence-electron chi connectivity index (χ1n) is 13.8. The van der Waals surface area contributed by atoms with Gasteiger partial charge in [-0.25, -0.2) is 9.97 Å². The maximum absolute atomic E-state index is 6.55. The van der Waals surface area contributed by atoms with Crippen LogP contribution in [0.4, 0.5) is 0 Å². The summed E-state index contributed by atoms with van der Waals surface area (Å²) in [6, 6.07) is 42.9. The fourth-order valence-corrected chi connectivity index (χ4v) is 6.65. The van der Waals surface area contributed by atoms with E-state index in [1.165, 1.54) is 27.8 Å². The van der Waals surface area contributed by atoms with Gasteiger partial charge in [0.15, 0.2) is 5.65 Å². The Morgan fingerprint density at radius 1 is 0.390 bits per heavy atom. The van der Waals surface area contributed by atoms with Crippen molar-refractivity contribution < 1.29 is 4.42 Å². The molecule has 5 aromatic carbocycles. The molecular formula is C38H22N2O. The molecule has 1 aliphatic carbocycles. The van der Waals surface area contributed by atoms with Gasteiger partial charge in [-0.15, -0.1) is 0 Å². The fraction of sp³-hybridized carbons (Fsp3) is 0. The molecular weight excluding hydrogens is 500 g/mol. The lowest BCUT2D eigenvalue weighted by Crippen LogP contribution is -2.00. The average molecular weight is 523 g/mol. The van der Waals surface area contributed by atoms with Crippen LogP contribution in [0.25, 0.3) is 88.6 Å². The fourth-order valence-electron chi connectivity index (χ4n) is 6.65. The molecule has 190 valence electrons. The minimum Gasteiger partial charge on any atom is -0.455 e. The van der Waals surface area contributed by atoms with Crippen LogP contribution in [-0.2, 0) is 0 Å². The van der Waals surface area contributed by atoms with Gasteiger partial charge in [0.1, 0.15) is 11.2 Å². The van der Waals surface area contributed by atoms with Gasteiger partial charge in [-0.05, 0) is 57.1 Å². The summed E-state index contributed by atoms with van der Waals surface area (Å²) in [4.78, 5) is 9.45. The number of fused-ring (bicyclic) bond motifs is 13. The molecule has 3 nitrogen and oxygen atoms in total. The van der Waals surface area contributed by atoms with E-state index in [0.717, 1.165) is 60.8 Å². The van der Waals surface area contributed by atoms with Crippen LogP contribution in [0.1, 0.15) is 0 Å². The maximum Gasteiger partial charge on any atom is 0.159 e. The van der Waals surface area contributed by atoms with Crippen LogP contribution >= 0.6 is 0 Å². The molecule has 0 bridgehead atoms. The highest BCUT2D eigenvalue weighted by Gasteiger charge is 2.26. The van der Waals surface area contributed by atoms with Crippen molar-refractivity contribution in [1.29, 1.82) is 0 Å². The highest BCUT2D eigenvalue weighted by Crippen LogP contribution is 2.52. The van der Waals surface area contributed by atoms with Crippen LogP contribution in [0, 0.1) is 0 Å². The zero-order chi connectivity index (χ0) is 26.9. The highest BCUT2D eigenvalue weighted by atomic mass is 16.3. The minimum absolute atomic E-state index is 0.744. The Balaban J connectivity index is 1.49. The molecule has 0 unspecified atom stereocenters. The summed E-state index contributed by atoms with van der Waals surface area (Å²) in [5.41, 5.74) is 14.1. The first-order valence-corrected chi connectivity index (χ1v) is 13.8. The maximum atomic E-state index is 6.55. The van der Waals surface area contributed by atoms with Crippen LogP contribution in [0.3, 0.4) is 0 Å². The first-order chi connectivity index (χ1) is 20.4. The molecule has 0 N–H and O–H groups in total. The van der Waals surface area contributed by atoms with Gasteiger partial charge in [0.05, 0.1) is 0 Å². The van der Waals surface area contributed by atoms with Gasteiger partial charge < -0.3 is 4.42 Å². The molecule has 41 heavy (non-hydrogen) atoms. The molecule has 0 amide bonds. The lowest BCUT2D eigenvalue weighted by atomic mass is 9.78. The van der Waals surface area contributed by atoms with Crippen LogP contribution in [0.2, 0.25) is 0 Å². The number of rotatable bonds is 1. The van der Waals surface area contributed by atoms with Crippen LogP contribution in [0.5, 0.6) is 0 Å². The Hall–Kier alpha value is -5.54. The Morgan fingerprint density at radius 3 is 1.88 bits per heavy atom. The van der Waals surface area contributed by atoms with E-state index in [4.69, 9.17) is 9.40 Å².